The Hall–Kier alpha value is -3.36. The molecule has 9 heteroatoms. The Bertz CT molecular complexity index is 1460. The first kappa shape index (κ1) is 58.6. The average molecular weight is 879 g/mol. The number of hydrogen-bond donors (Lipinski definition) is 2. The van der Waals surface area contributed by atoms with E-state index in [4.69, 9.17) is 9.05 Å². The van der Waals surface area contributed by atoms with Crippen molar-refractivity contribution in [2.45, 2.75) is 154 Å². The maximum absolute atomic E-state index is 12.9. The Balaban J connectivity index is 4.50. The molecule has 350 valence electrons. The molecule has 0 bridgehead atoms. The van der Waals surface area contributed by atoms with E-state index in [0.29, 0.717) is 23.9 Å². The van der Waals surface area contributed by atoms with Gasteiger partial charge in [-0.3, -0.25) is 9.36 Å². The summed E-state index contributed by atoms with van der Waals surface area (Å²) in [6.45, 7) is 4.39. The first-order valence-electron chi connectivity index (χ1n) is 23.5. The fraction of sp³-hybridized carbons (Fsp3) is 0.566. The average Bonchev–Trinajstić information content (AvgIpc) is 3.23. The van der Waals surface area contributed by atoms with E-state index in [1.165, 1.54) is 19.3 Å². The first-order valence-corrected chi connectivity index (χ1v) is 25.0. The molecule has 3 atom stereocenters. The lowest BCUT2D eigenvalue weighted by molar-refractivity contribution is -0.870. The van der Waals surface area contributed by atoms with Gasteiger partial charge in [0.25, 0.3) is 7.82 Å². The highest BCUT2D eigenvalue weighted by Gasteiger charge is 2.23. The number of carbonyl (C=O) groups is 1. The molecule has 62 heavy (non-hydrogen) atoms. The molecule has 0 aromatic carbocycles. The van der Waals surface area contributed by atoms with Crippen LogP contribution in [-0.2, 0) is 18.4 Å². The lowest BCUT2D eigenvalue weighted by Crippen LogP contribution is -2.45. The summed E-state index contributed by atoms with van der Waals surface area (Å²) in [7, 11) is 1.18. The Labute approximate surface area is 379 Å². The number of quaternary nitrogens is 1. The molecule has 0 aromatic rings. The minimum atomic E-state index is -4.62. The summed E-state index contributed by atoms with van der Waals surface area (Å²) < 4.78 is 23.1. The van der Waals surface area contributed by atoms with E-state index in [1.807, 2.05) is 27.2 Å². The first-order chi connectivity index (χ1) is 30.0. The van der Waals surface area contributed by atoms with Crippen LogP contribution in [0.25, 0.3) is 0 Å². The Morgan fingerprint density at radius 3 is 1.44 bits per heavy atom. The fourth-order valence-corrected chi connectivity index (χ4v) is 6.33. The van der Waals surface area contributed by atoms with Crippen LogP contribution in [-0.4, -0.2) is 68.5 Å². The smallest absolute Gasteiger partial charge is 0.268 e. The van der Waals surface area contributed by atoms with Crippen molar-refractivity contribution in [1.29, 1.82) is 0 Å². The second kappa shape index (κ2) is 42.9. The zero-order chi connectivity index (χ0) is 45.7. The fourth-order valence-electron chi connectivity index (χ4n) is 5.61. The molecule has 1 amide bonds. The van der Waals surface area contributed by atoms with Crippen LogP contribution in [0.3, 0.4) is 0 Å². The minimum Gasteiger partial charge on any atom is -0.756 e. The molecule has 0 aliphatic carbocycles. The summed E-state index contributed by atoms with van der Waals surface area (Å²) in [6.07, 6.45) is 65.1. The van der Waals surface area contributed by atoms with Gasteiger partial charge in [-0.05, 0) is 109 Å². The SMILES string of the molecule is CC/C=C\C/C=C\C/C=C\C/C=C\C/C=C\C/C=C\C/C=C\C/C=C\CCCCC(=O)NC(COP(=O)([O-])OCC[N+](C)(C)C)C(O)/C=C/CC/C=C/CC/C=C/CCCCC. The van der Waals surface area contributed by atoms with Crippen LogP contribution < -0.4 is 10.2 Å². The number of likely N-dealkylation sites (N-methyl/N-ethyl adjacent to an activating group) is 1. The molecular formula is C53H87N2O6P. The van der Waals surface area contributed by atoms with Crippen LogP contribution in [0, 0.1) is 0 Å². The van der Waals surface area contributed by atoms with Gasteiger partial charge in [-0.15, -0.1) is 0 Å². The number of allylic oxidation sites excluding steroid dienone is 21. The quantitative estimate of drug-likeness (QED) is 0.0275. The van der Waals surface area contributed by atoms with Gasteiger partial charge >= 0.3 is 0 Å². The summed E-state index contributed by atoms with van der Waals surface area (Å²) in [5.74, 6) is -0.263. The molecule has 0 saturated carbocycles. The van der Waals surface area contributed by atoms with E-state index in [9.17, 15) is 19.4 Å². The largest absolute Gasteiger partial charge is 0.756 e. The van der Waals surface area contributed by atoms with Crippen LogP contribution in [0.1, 0.15) is 142 Å². The zero-order valence-corrected chi connectivity index (χ0v) is 40.4. The summed E-state index contributed by atoms with van der Waals surface area (Å²) in [5.41, 5.74) is 0. The molecule has 0 saturated heterocycles. The van der Waals surface area contributed by atoms with Crippen LogP contribution in [0.15, 0.2) is 134 Å². The molecule has 8 nitrogen and oxygen atoms in total. The van der Waals surface area contributed by atoms with Gasteiger partial charge in [0.05, 0.1) is 39.9 Å². The van der Waals surface area contributed by atoms with Crippen molar-refractivity contribution in [2.75, 3.05) is 40.9 Å². The summed E-state index contributed by atoms with van der Waals surface area (Å²) in [5, 5.41) is 13.7. The van der Waals surface area contributed by atoms with Crippen LogP contribution in [0.5, 0.6) is 0 Å². The van der Waals surface area contributed by atoms with Gasteiger partial charge in [-0.2, -0.15) is 0 Å². The molecule has 0 aliphatic rings. The number of phosphoric acid groups is 1. The maximum atomic E-state index is 12.9. The molecule has 0 rings (SSSR count). The molecule has 0 aliphatic heterocycles. The number of phosphoric ester groups is 1. The molecule has 0 spiro atoms. The van der Waals surface area contributed by atoms with E-state index in [-0.39, 0.29) is 18.9 Å². The minimum absolute atomic E-state index is 0.0262. The lowest BCUT2D eigenvalue weighted by atomic mass is 10.1. The van der Waals surface area contributed by atoms with Crippen molar-refractivity contribution in [3.05, 3.63) is 134 Å². The van der Waals surface area contributed by atoms with E-state index in [0.717, 1.165) is 89.9 Å². The van der Waals surface area contributed by atoms with Gasteiger partial charge < -0.3 is 28.8 Å². The second-order valence-electron chi connectivity index (χ2n) is 16.4. The highest BCUT2D eigenvalue weighted by atomic mass is 31.2. The number of carbonyl (C=O) groups excluding carboxylic acids is 1. The Morgan fingerprint density at radius 2 is 0.984 bits per heavy atom. The Kier molecular flexibility index (Phi) is 40.6. The predicted molar refractivity (Wildman–Crippen MR) is 265 cm³/mol. The summed E-state index contributed by atoms with van der Waals surface area (Å²) in [6, 6.07) is -0.942. The number of aliphatic hydroxyl groups excluding tert-OH is 1. The summed E-state index contributed by atoms with van der Waals surface area (Å²) >= 11 is 0. The van der Waals surface area contributed by atoms with E-state index in [1.54, 1.807) is 6.08 Å². The molecule has 2 N–H and O–H groups in total. The van der Waals surface area contributed by atoms with Gasteiger partial charge in [0.15, 0.2) is 0 Å². The van der Waals surface area contributed by atoms with Crippen molar-refractivity contribution < 1.29 is 32.9 Å². The van der Waals surface area contributed by atoms with Crippen molar-refractivity contribution in [2.24, 2.45) is 0 Å². The predicted octanol–water partition coefficient (Wildman–Crippen LogP) is 13.0. The third-order valence-electron chi connectivity index (χ3n) is 9.32. The molecule has 0 aromatic heterocycles. The second-order valence-corrected chi connectivity index (χ2v) is 17.8. The number of amides is 1. The van der Waals surface area contributed by atoms with Gasteiger partial charge in [-0.1, -0.05) is 160 Å². The maximum Gasteiger partial charge on any atom is 0.268 e. The number of aliphatic hydroxyl groups is 1. The van der Waals surface area contributed by atoms with Crippen molar-refractivity contribution in [3.63, 3.8) is 0 Å². The molecular weight excluding hydrogens is 792 g/mol. The zero-order valence-electron chi connectivity index (χ0n) is 39.5. The van der Waals surface area contributed by atoms with Gasteiger partial charge in [-0.25, -0.2) is 0 Å². The third kappa shape index (κ3) is 44.7. The number of nitrogens with one attached hydrogen (secondary N) is 1. The van der Waals surface area contributed by atoms with E-state index < -0.39 is 26.6 Å². The van der Waals surface area contributed by atoms with E-state index >= 15 is 0 Å². The molecule has 0 fully saturated rings. The third-order valence-corrected chi connectivity index (χ3v) is 10.3. The topological polar surface area (TPSA) is 108 Å². The monoisotopic (exact) mass is 879 g/mol. The number of rotatable bonds is 40. The molecule has 0 heterocycles. The highest BCUT2D eigenvalue weighted by molar-refractivity contribution is 7.45. The van der Waals surface area contributed by atoms with Crippen LogP contribution in [0.2, 0.25) is 0 Å². The van der Waals surface area contributed by atoms with Crippen LogP contribution in [0.4, 0.5) is 0 Å². The lowest BCUT2D eigenvalue weighted by Gasteiger charge is -2.29. The van der Waals surface area contributed by atoms with Gasteiger partial charge in [0.2, 0.25) is 5.91 Å². The van der Waals surface area contributed by atoms with Crippen LogP contribution >= 0.6 is 7.82 Å². The van der Waals surface area contributed by atoms with Gasteiger partial charge in [0.1, 0.15) is 13.2 Å². The summed E-state index contributed by atoms with van der Waals surface area (Å²) in [4.78, 5) is 25.3. The van der Waals surface area contributed by atoms with E-state index in [2.05, 4.69) is 141 Å². The normalized spacial score (nSPS) is 15.4. The molecule has 3 unspecified atom stereocenters. The number of hydrogen-bond acceptors (Lipinski definition) is 6. The standard InChI is InChI=1S/C53H87N2O6P/c1-6-8-10-12-14-16-18-20-21-22-23-24-25-26-27-28-29-30-31-32-33-35-37-39-41-43-45-47-53(57)54-51(50-61-62(58,59)60-49-48-55(3,4)5)52(56)46-44-42-40-38-36-34-19-17-15-13-11-9-7-2/h8,10,14-17,20-21,23-24,26-27,29-30,32-33,36-39,44,46,51-52,56H,6-7,9,11-13,18-19,22,25,28,31,34-35,40-43,45,47-50H2,1-5H3,(H-,54,57,58,59)/b10-8-,16-14-,17-15+,21-20-,24-23-,27-26-,30-29-,33-32-,38-36+,39-37-,46-44+. The molecule has 0 radical (unpaired) electrons. The van der Waals surface area contributed by atoms with Crippen molar-refractivity contribution in [3.8, 4) is 0 Å². The van der Waals surface area contributed by atoms with Crippen molar-refractivity contribution in [1.82, 2.24) is 5.32 Å². The van der Waals surface area contributed by atoms with Crippen molar-refractivity contribution >= 4 is 13.7 Å². The highest BCUT2D eigenvalue weighted by Crippen LogP contribution is 2.38. The van der Waals surface area contributed by atoms with Gasteiger partial charge in [0, 0.05) is 6.42 Å². The Morgan fingerprint density at radius 1 is 0.581 bits per heavy atom. The number of nitrogens with zero attached hydrogens (tertiary/aromatic N) is 1. The number of unbranched alkanes of at least 4 members (excludes halogenated alkanes) is 7.